The molecule has 2 aromatic heterocycles. The molecule has 246 valence electrons. The number of aromatic hydroxyl groups is 1. The smallest absolute Gasteiger partial charge is 0.144 e. The van der Waals surface area contributed by atoms with Gasteiger partial charge in [0, 0.05) is 30.8 Å². The van der Waals surface area contributed by atoms with Gasteiger partial charge in [0.2, 0.25) is 0 Å². The van der Waals surface area contributed by atoms with Gasteiger partial charge in [0.25, 0.3) is 0 Å². The van der Waals surface area contributed by atoms with Gasteiger partial charge in [-0.2, -0.15) is 0 Å². The lowest BCUT2D eigenvalue weighted by Crippen LogP contribution is -2.12. The number of imidazole rings is 1. The summed E-state index contributed by atoms with van der Waals surface area (Å²) in [5.41, 5.74) is 12.5. The standard InChI is InChI=1S/C44H49N3O/c1-42(2,3)32-19-20-45-37(27-32)30-22-29(23-33(24-30)43(4,5)6)35-17-14-18-38-39(35)46-41(47(38)10)36-26-34(44(7,8)9)25-31(40(36)48)21-28-15-12-11-13-16-28/h11-20,22-27,48H,21H2,1-10H3. The molecule has 4 nitrogen and oxygen atoms in total. The summed E-state index contributed by atoms with van der Waals surface area (Å²) >= 11 is 0. The maximum atomic E-state index is 11.8. The number of rotatable bonds is 5. The zero-order valence-corrected chi connectivity index (χ0v) is 30.2. The fraction of sp³-hybridized carbons (Fsp3) is 0.318. The van der Waals surface area contributed by atoms with E-state index in [0.29, 0.717) is 6.42 Å². The summed E-state index contributed by atoms with van der Waals surface area (Å²) in [5, 5.41) is 11.8. The van der Waals surface area contributed by atoms with Crippen molar-refractivity contribution in [3.63, 3.8) is 0 Å². The second-order valence-electron chi connectivity index (χ2n) is 16.3. The second-order valence-corrected chi connectivity index (χ2v) is 16.3. The molecule has 2 heterocycles. The van der Waals surface area contributed by atoms with Crippen LogP contribution in [0.15, 0.2) is 97.2 Å². The van der Waals surface area contributed by atoms with Gasteiger partial charge in [-0.1, -0.05) is 117 Å². The number of aryl methyl sites for hydroxylation is 1. The van der Waals surface area contributed by atoms with Crippen LogP contribution in [0.1, 0.15) is 90.1 Å². The Labute approximate surface area is 286 Å². The number of fused-ring (bicyclic) bond motifs is 1. The van der Waals surface area contributed by atoms with Crippen molar-refractivity contribution in [2.24, 2.45) is 7.05 Å². The first-order chi connectivity index (χ1) is 22.5. The Balaban J connectivity index is 1.55. The molecule has 1 N–H and O–H groups in total. The number of pyridine rings is 1. The van der Waals surface area contributed by atoms with Crippen LogP contribution in [0.2, 0.25) is 0 Å². The number of para-hydroxylation sites is 1. The first-order valence-electron chi connectivity index (χ1n) is 17.0. The molecule has 0 aliphatic rings. The summed E-state index contributed by atoms with van der Waals surface area (Å²) in [6, 6.07) is 32.2. The number of hydrogen-bond acceptors (Lipinski definition) is 3. The quantitative estimate of drug-likeness (QED) is 0.205. The van der Waals surface area contributed by atoms with Crippen LogP contribution in [0.5, 0.6) is 5.75 Å². The summed E-state index contributed by atoms with van der Waals surface area (Å²) in [7, 11) is 2.05. The van der Waals surface area contributed by atoms with E-state index in [2.05, 4.69) is 140 Å². The number of phenolic OH excluding ortho intramolecular Hbond substituents is 1. The summed E-state index contributed by atoms with van der Waals surface area (Å²) in [6.07, 6.45) is 2.57. The number of hydrogen-bond donors (Lipinski definition) is 1. The van der Waals surface area contributed by atoms with E-state index in [1.54, 1.807) is 0 Å². The highest BCUT2D eigenvalue weighted by molar-refractivity contribution is 5.95. The maximum absolute atomic E-state index is 11.8. The topological polar surface area (TPSA) is 50.9 Å². The SMILES string of the molecule is Cn1c(-c2cc(C(C)(C)C)cc(Cc3ccccc3)c2O)nc2c(-c3cc(-c4cc(C(C)(C)C)ccn4)cc(C(C)(C)C)c3)cccc21. The largest absolute Gasteiger partial charge is 0.507 e. The van der Waals surface area contributed by atoms with Crippen LogP contribution < -0.4 is 0 Å². The Morgan fingerprint density at radius 3 is 1.94 bits per heavy atom. The number of phenols is 1. The average Bonchev–Trinajstić information content (AvgIpc) is 3.37. The highest BCUT2D eigenvalue weighted by atomic mass is 16.3. The van der Waals surface area contributed by atoms with Crippen molar-refractivity contribution in [1.29, 1.82) is 0 Å². The van der Waals surface area contributed by atoms with E-state index < -0.39 is 0 Å². The summed E-state index contributed by atoms with van der Waals surface area (Å²) in [6.45, 7) is 20.1. The number of benzene rings is 4. The van der Waals surface area contributed by atoms with Crippen molar-refractivity contribution in [2.45, 2.75) is 85.0 Å². The molecule has 0 radical (unpaired) electrons. The van der Waals surface area contributed by atoms with Gasteiger partial charge in [-0.15, -0.1) is 0 Å². The lowest BCUT2D eigenvalue weighted by Gasteiger charge is -2.23. The maximum Gasteiger partial charge on any atom is 0.144 e. The Bertz CT molecular complexity index is 2120. The monoisotopic (exact) mass is 635 g/mol. The van der Waals surface area contributed by atoms with Crippen LogP contribution in [0, 0.1) is 0 Å². The minimum Gasteiger partial charge on any atom is -0.507 e. The van der Waals surface area contributed by atoms with E-state index in [-0.39, 0.29) is 22.0 Å². The minimum atomic E-state index is -0.105. The van der Waals surface area contributed by atoms with Gasteiger partial charge in [-0.3, -0.25) is 4.98 Å². The van der Waals surface area contributed by atoms with Crippen LogP contribution in [-0.2, 0) is 29.7 Å². The van der Waals surface area contributed by atoms with Crippen molar-refractivity contribution >= 4 is 11.0 Å². The molecule has 6 aromatic rings. The highest BCUT2D eigenvalue weighted by Gasteiger charge is 2.24. The zero-order valence-electron chi connectivity index (χ0n) is 30.2. The molecule has 6 rings (SSSR count). The summed E-state index contributed by atoms with van der Waals surface area (Å²) in [4.78, 5) is 10.1. The Hall–Kier alpha value is -4.70. The van der Waals surface area contributed by atoms with E-state index in [9.17, 15) is 5.11 Å². The fourth-order valence-corrected chi connectivity index (χ4v) is 6.36. The van der Waals surface area contributed by atoms with Gasteiger partial charge in [0.05, 0.1) is 22.3 Å². The number of aromatic nitrogens is 3. The third kappa shape index (κ3) is 6.54. The molecular weight excluding hydrogens is 587 g/mol. The molecule has 0 saturated heterocycles. The molecule has 0 amide bonds. The van der Waals surface area contributed by atoms with Crippen LogP contribution in [-0.4, -0.2) is 19.6 Å². The molecule has 0 bridgehead atoms. The van der Waals surface area contributed by atoms with Crippen molar-refractivity contribution < 1.29 is 5.11 Å². The first kappa shape index (κ1) is 33.2. The Morgan fingerprint density at radius 1 is 0.625 bits per heavy atom. The molecule has 0 spiro atoms. The van der Waals surface area contributed by atoms with Crippen LogP contribution in [0.4, 0.5) is 0 Å². The van der Waals surface area contributed by atoms with E-state index >= 15 is 0 Å². The molecule has 0 saturated carbocycles. The van der Waals surface area contributed by atoms with Crippen molar-refractivity contribution in [3.8, 4) is 39.5 Å². The minimum absolute atomic E-state index is 0.0227. The fourth-order valence-electron chi connectivity index (χ4n) is 6.36. The van der Waals surface area contributed by atoms with Gasteiger partial charge in [0.1, 0.15) is 11.6 Å². The molecule has 4 heteroatoms. The van der Waals surface area contributed by atoms with Crippen molar-refractivity contribution in [3.05, 3.63) is 125 Å². The van der Waals surface area contributed by atoms with Crippen molar-refractivity contribution in [1.82, 2.24) is 14.5 Å². The molecule has 0 atom stereocenters. The Morgan fingerprint density at radius 2 is 1.27 bits per heavy atom. The lowest BCUT2D eigenvalue weighted by molar-refractivity contribution is 0.469. The van der Waals surface area contributed by atoms with Gasteiger partial charge in [0.15, 0.2) is 0 Å². The van der Waals surface area contributed by atoms with Gasteiger partial charge >= 0.3 is 0 Å². The number of nitrogens with zero attached hydrogens (tertiary/aromatic N) is 3. The van der Waals surface area contributed by atoms with E-state index in [4.69, 9.17) is 9.97 Å². The normalized spacial score (nSPS) is 12.5. The molecule has 4 aromatic carbocycles. The predicted octanol–water partition coefficient (Wildman–Crippen LogP) is 11.2. The van der Waals surface area contributed by atoms with E-state index in [0.717, 1.165) is 55.9 Å². The summed E-state index contributed by atoms with van der Waals surface area (Å²) < 4.78 is 2.12. The van der Waals surface area contributed by atoms with Crippen LogP contribution >= 0.6 is 0 Å². The molecule has 48 heavy (non-hydrogen) atoms. The van der Waals surface area contributed by atoms with E-state index in [1.807, 2.05) is 31.4 Å². The van der Waals surface area contributed by atoms with Gasteiger partial charge < -0.3 is 9.67 Å². The summed E-state index contributed by atoms with van der Waals surface area (Å²) in [5.74, 6) is 1.04. The van der Waals surface area contributed by atoms with Crippen LogP contribution in [0.25, 0.3) is 44.8 Å². The zero-order chi connectivity index (χ0) is 34.6. The third-order valence-corrected chi connectivity index (χ3v) is 9.48. The molecule has 0 fully saturated rings. The van der Waals surface area contributed by atoms with Crippen molar-refractivity contribution in [2.75, 3.05) is 0 Å². The Kier molecular flexibility index (Phi) is 8.35. The van der Waals surface area contributed by atoms with E-state index in [1.165, 1.54) is 16.7 Å². The van der Waals surface area contributed by atoms with Gasteiger partial charge in [-0.25, -0.2) is 4.98 Å². The molecular formula is C44H49N3O. The second kappa shape index (κ2) is 12.1. The third-order valence-electron chi connectivity index (χ3n) is 9.48. The van der Waals surface area contributed by atoms with Crippen LogP contribution in [0.3, 0.4) is 0 Å². The molecule has 0 aliphatic carbocycles. The molecule has 0 aliphatic heterocycles. The molecule has 0 unspecified atom stereocenters. The first-order valence-corrected chi connectivity index (χ1v) is 17.0. The lowest BCUT2D eigenvalue weighted by atomic mass is 9.83. The highest BCUT2D eigenvalue weighted by Crippen LogP contribution is 2.41. The predicted molar refractivity (Wildman–Crippen MR) is 202 cm³/mol. The average molecular weight is 636 g/mol. The van der Waals surface area contributed by atoms with Gasteiger partial charge in [-0.05, 0) is 86.0 Å².